The number of hydrogen-bond acceptors (Lipinski definition) is 4. The van der Waals surface area contributed by atoms with Crippen molar-refractivity contribution < 1.29 is 9.59 Å². The van der Waals surface area contributed by atoms with Crippen LogP contribution in [0.15, 0.2) is 18.3 Å². The second-order valence-corrected chi connectivity index (χ2v) is 7.19. The van der Waals surface area contributed by atoms with Crippen molar-refractivity contribution in [1.29, 1.82) is 0 Å². The summed E-state index contributed by atoms with van der Waals surface area (Å²) in [6.07, 6.45) is 9.57. The molecule has 8 heteroatoms. The number of pyridine rings is 1. The Labute approximate surface area is 166 Å². The summed E-state index contributed by atoms with van der Waals surface area (Å²) in [4.78, 5) is 28.2. The summed E-state index contributed by atoms with van der Waals surface area (Å²) in [5, 5.41) is 5.68. The number of nitrogens with zero attached hydrogens (tertiary/aromatic N) is 1. The van der Waals surface area contributed by atoms with Crippen LogP contribution in [-0.4, -0.2) is 23.3 Å². The van der Waals surface area contributed by atoms with E-state index in [1.54, 1.807) is 18.3 Å². The number of anilines is 2. The van der Waals surface area contributed by atoms with E-state index in [0.29, 0.717) is 24.5 Å². The molecule has 2 aliphatic carbocycles. The molecule has 0 radical (unpaired) electrons. The second kappa shape index (κ2) is 10.1. The molecule has 0 aromatic carbocycles. The molecule has 6 nitrogen and oxygen atoms in total. The summed E-state index contributed by atoms with van der Waals surface area (Å²) in [5.41, 5.74) is 6.54. The van der Waals surface area contributed by atoms with Gasteiger partial charge in [-0.2, -0.15) is 0 Å². The summed E-state index contributed by atoms with van der Waals surface area (Å²) in [6, 6.07) is 3.48. The molecule has 0 atom stereocenters. The van der Waals surface area contributed by atoms with E-state index in [4.69, 9.17) is 5.73 Å². The highest BCUT2D eigenvalue weighted by Crippen LogP contribution is 2.38. The van der Waals surface area contributed by atoms with Gasteiger partial charge in [0.2, 0.25) is 11.8 Å². The molecular formula is C18H28Cl2N4O2. The molecule has 0 bridgehead atoms. The molecule has 3 rings (SSSR count). The Balaban J connectivity index is 0.00000169. The van der Waals surface area contributed by atoms with Crippen LogP contribution < -0.4 is 16.4 Å². The topological polar surface area (TPSA) is 97.1 Å². The summed E-state index contributed by atoms with van der Waals surface area (Å²) in [5.74, 6) is 0.685. The van der Waals surface area contributed by atoms with Gasteiger partial charge in [-0.05, 0) is 49.8 Å². The van der Waals surface area contributed by atoms with Gasteiger partial charge in [-0.1, -0.05) is 19.3 Å². The molecule has 2 fully saturated rings. The van der Waals surface area contributed by atoms with E-state index >= 15 is 0 Å². The van der Waals surface area contributed by atoms with Crippen LogP contribution in [0.2, 0.25) is 0 Å². The van der Waals surface area contributed by atoms with Gasteiger partial charge in [0.25, 0.3) is 0 Å². The monoisotopic (exact) mass is 402 g/mol. The maximum Gasteiger partial charge on any atom is 0.228 e. The normalized spacial score (nSPS) is 18.0. The van der Waals surface area contributed by atoms with Crippen LogP contribution in [0.4, 0.5) is 11.5 Å². The zero-order chi connectivity index (χ0) is 17.0. The molecule has 146 valence electrons. The Kier molecular flexibility index (Phi) is 8.80. The molecule has 26 heavy (non-hydrogen) atoms. The third-order valence-electron chi connectivity index (χ3n) is 5.13. The molecule has 0 saturated heterocycles. The number of hydrogen-bond donors (Lipinski definition) is 3. The highest BCUT2D eigenvalue weighted by molar-refractivity contribution is 5.94. The van der Waals surface area contributed by atoms with Crippen molar-refractivity contribution >= 4 is 48.1 Å². The van der Waals surface area contributed by atoms with Crippen LogP contribution in [0.5, 0.6) is 0 Å². The average Bonchev–Trinajstić information content (AvgIpc) is 3.42. The minimum atomic E-state index is -0.0477. The zero-order valence-corrected chi connectivity index (χ0v) is 16.5. The molecule has 1 heterocycles. The van der Waals surface area contributed by atoms with E-state index in [2.05, 4.69) is 15.6 Å². The molecular weight excluding hydrogens is 375 g/mol. The quantitative estimate of drug-likeness (QED) is 0.677. The minimum absolute atomic E-state index is 0. The van der Waals surface area contributed by atoms with E-state index in [1.165, 1.54) is 6.42 Å². The largest absolute Gasteiger partial charge is 0.330 e. The lowest BCUT2D eigenvalue weighted by atomic mass is 9.71. The average molecular weight is 403 g/mol. The molecule has 2 amide bonds. The lowest BCUT2D eigenvalue weighted by Crippen LogP contribution is -2.36. The fraction of sp³-hybridized carbons (Fsp3) is 0.611. The van der Waals surface area contributed by atoms with Gasteiger partial charge in [0, 0.05) is 12.3 Å². The van der Waals surface area contributed by atoms with Crippen molar-refractivity contribution in [2.45, 2.75) is 51.4 Å². The number of aromatic nitrogens is 1. The van der Waals surface area contributed by atoms with Crippen LogP contribution in [0, 0.1) is 11.3 Å². The highest BCUT2D eigenvalue weighted by atomic mass is 35.5. The molecule has 0 unspecified atom stereocenters. The molecule has 0 aliphatic heterocycles. The molecule has 2 aliphatic rings. The van der Waals surface area contributed by atoms with Gasteiger partial charge in [-0.3, -0.25) is 9.59 Å². The molecule has 0 spiro atoms. The smallest absolute Gasteiger partial charge is 0.228 e. The Morgan fingerprint density at radius 1 is 1.12 bits per heavy atom. The van der Waals surface area contributed by atoms with Gasteiger partial charge in [0.15, 0.2) is 0 Å². The van der Waals surface area contributed by atoms with Crippen molar-refractivity contribution in [1.82, 2.24) is 4.98 Å². The van der Waals surface area contributed by atoms with Crippen LogP contribution >= 0.6 is 24.8 Å². The van der Waals surface area contributed by atoms with Gasteiger partial charge in [-0.15, -0.1) is 24.8 Å². The van der Waals surface area contributed by atoms with Gasteiger partial charge in [-0.25, -0.2) is 4.98 Å². The van der Waals surface area contributed by atoms with Gasteiger partial charge >= 0.3 is 0 Å². The van der Waals surface area contributed by atoms with Gasteiger partial charge in [0.1, 0.15) is 5.82 Å². The summed E-state index contributed by atoms with van der Waals surface area (Å²) < 4.78 is 0. The maximum absolute atomic E-state index is 12.3. The van der Waals surface area contributed by atoms with Crippen molar-refractivity contribution in [3.63, 3.8) is 0 Å². The Hall–Kier alpha value is -1.37. The standard InChI is InChI=1S/C18H26N4O2.2ClH/c19-12-18(8-2-1-3-9-18)10-16(23)21-14-6-7-15(20-11-14)22-17(24)13-4-5-13;;/h6-7,11,13H,1-5,8-10,12,19H2,(H,21,23)(H,20,22,24);2*1H. The van der Waals surface area contributed by atoms with E-state index in [1.807, 2.05) is 0 Å². The molecule has 1 aromatic rings. The van der Waals surface area contributed by atoms with Crippen molar-refractivity contribution in [2.24, 2.45) is 17.1 Å². The summed E-state index contributed by atoms with van der Waals surface area (Å²) >= 11 is 0. The third kappa shape index (κ3) is 6.11. The fourth-order valence-corrected chi connectivity index (χ4v) is 3.42. The van der Waals surface area contributed by atoms with E-state index < -0.39 is 0 Å². The van der Waals surface area contributed by atoms with Crippen molar-refractivity contribution in [2.75, 3.05) is 17.2 Å². The second-order valence-electron chi connectivity index (χ2n) is 7.19. The first-order valence-electron chi connectivity index (χ1n) is 8.87. The molecule has 2 saturated carbocycles. The Morgan fingerprint density at radius 3 is 2.35 bits per heavy atom. The number of nitrogens with two attached hydrogens (primary N) is 1. The lowest BCUT2D eigenvalue weighted by molar-refractivity contribution is -0.119. The summed E-state index contributed by atoms with van der Waals surface area (Å²) in [6.45, 7) is 0.560. The van der Waals surface area contributed by atoms with Gasteiger partial charge in [0.05, 0.1) is 11.9 Å². The number of carbonyl (C=O) groups is 2. The first-order chi connectivity index (χ1) is 11.6. The number of rotatable bonds is 6. The molecule has 1 aromatic heterocycles. The number of amides is 2. The van der Waals surface area contributed by atoms with Crippen LogP contribution in [-0.2, 0) is 9.59 Å². The zero-order valence-electron chi connectivity index (χ0n) is 14.8. The molecule has 4 N–H and O–H groups in total. The van der Waals surface area contributed by atoms with Crippen LogP contribution in [0.25, 0.3) is 0 Å². The number of carbonyl (C=O) groups excluding carboxylic acids is 2. The lowest BCUT2D eigenvalue weighted by Gasteiger charge is -2.35. The van der Waals surface area contributed by atoms with Gasteiger partial charge < -0.3 is 16.4 Å². The fourth-order valence-electron chi connectivity index (χ4n) is 3.42. The maximum atomic E-state index is 12.3. The van der Waals surface area contributed by atoms with Crippen molar-refractivity contribution in [3.8, 4) is 0 Å². The Bertz CT molecular complexity index is 600. The van der Waals surface area contributed by atoms with E-state index in [-0.39, 0.29) is 48.0 Å². The van der Waals surface area contributed by atoms with Crippen LogP contribution in [0.1, 0.15) is 51.4 Å². The first kappa shape index (κ1) is 22.7. The SMILES string of the molecule is Cl.Cl.NCC1(CC(=O)Nc2ccc(NC(=O)C3CC3)nc2)CCCCC1. The highest BCUT2D eigenvalue weighted by Gasteiger charge is 2.33. The third-order valence-corrected chi connectivity index (χ3v) is 5.13. The van der Waals surface area contributed by atoms with Crippen LogP contribution in [0.3, 0.4) is 0 Å². The predicted molar refractivity (Wildman–Crippen MR) is 108 cm³/mol. The predicted octanol–water partition coefficient (Wildman–Crippen LogP) is 3.51. The van der Waals surface area contributed by atoms with Crippen molar-refractivity contribution in [3.05, 3.63) is 18.3 Å². The summed E-state index contributed by atoms with van der Waals surface area (Å²) in [7, 11) is 0. The minimum Gasteiger partial charge on any atom is -0.330 e. The first-order valence-corrected chi connectivity index (χ1v) is 8.87. The van der Waals surface area contributed by atoms with E-state index in [0.717, 1.165) is 38.5 Å². The number of halogens is 2. The Morgan fingerprint density at radius 2 is 1.81 bits per heavy atom. The van der Waals surface area contributed by atoms with E-state index in [9.17, 15) is 9.59 Å². The number of nitrogens with one attached hydrogen (secondary N) is 2.